The minimum Gasteiger partial charge on any atom is -0.358 e. The summed E-state index contributed by atoms with van der Waals surface area (Å²) >= 11 is 0. The molecule has 4 heteroatoms. The monoisotopic (exact) mass is 258 g/mol. The van der Waals surface area contributed by atoms with Crippen LogP contribution in [-0.4, -0.2) is 31.7 Å². The van der Waals surface area contributed by atoms with Crippen LogP contribution >= 0.6 is 0 Å². The van der Waals surface area contributed by atoms with Crippen molar-refractivity contribution in [2.24, 2.45) is 5.92 Å². The topological polar surface area (TPSA) is 52.0 Å². The quantitative estimate of drug-likeness (QED) is 0.901. The summed E-state index contributed by atoms with van der Waals surface area (Å²) in [6, 6.07) is 4.27. The van der Waals surface area contributed by atoms with Crippen molar-refractivity contribution in [2.45, 2.75) is 26.7 Å². The highest BCUT2D eigenvalue weighted by Crippen LogP contribution is 2.23. The fourth-order valence-electron chi connectivity index (χ4n) is 2.77. The summed E-state index contributed by atoms with van der Waals surface area (Å²) in [5.74, 6) is 1.53. The molecule has 0 bridgehead atoms. The lowest BCUT2D eigenvalue weighted by molar-refractivity contribution is 0.377. The van der Waals surface area contributed by atoms with Crippen LogP contribution in [0.15, 0.2) is 6.07 Å². The number of pyridine rings is 1. The van der Waals surface area contributed by atoms with Gasteiger partial charge in [0.15, 0.2) is 0 Å². The third-order valence-electron chi connectivity index (χ3n) is 3.79. The molecule has 1 aromatic rings. The van der Waals surface area contributed by atoms with E-state index in [0.717, 1.165) is 36.7 Å². The zero-order valence-electron chi connectivity index (χ0n) is 12.0. The SMILES string of the molecule is Cc1cc(C)c(C#N)c(N(C)CC2CCNCC2)n1. The molecule has 1 N–H and O–H groups in total. The molecule has 2 heterocycles. The first-order valence-corrected chi connectivity index (χ1v) is 6.92. The molecule has 2 rings (SSSR count). The van der Waals surface area contributed by atoms with E-state index in [2.05, 4.69) is 21.3 Å². The van der Waals surface area contributed by atoms with Gasteiger partial charge in [-0.25, -0.2) is 4.98 Å². The Morgan fingerprint density at radius 2 is 2.11 bits per heavy atom. The molecule has 1 aromatic heterocycles. The molecule has 0 atom stereocenters. The molecule has 19 heavy (non-hydrogen) atoms. The minimum atomic E-state index is 0.695. The van der Waals surface area contributed by atoms with Gasteiger partial charge in [-0.3, -0.25) is 0 Å². The molecule has 0 aromatic carbocycles. The Kier molecular flexibility index (Phi) is 4.39. The fraction of sp³-hybridized carbons (Fsp3) is 0.600. The Morgan fingerprint density at radius 3 is 2.74 bits per heavy atom. The number of piperidine rings is 1. The van der Waals surface area contributed by atoms with Gasteiger partial charge in [-0.05, 0) is 57.3 Å². The van der Waals surface area contributed by atoms with Gasteiger partial charge in [-0.15, -0.1) is 0 Å². The Morgan fingerprint density at radius 1 is 1.42 bits per heavy atom. The van der Waals surface area contributed by atoms with Gasteiger partial charge < -0.3 is 10.2 Å². The molecule has 0 spiro atoms. The highest BCUT2D eigenvalue weighted by atomic mass is 15.2. The molecule has 1 aliphatic heterocycles. The summed E-state index contributed by atoms with van der Waals surface area (Å²) in [6.45, 7) is 7.14. The van der Waals surface area contributed by atoms with Gasteiger partial charge in [0.25, 0.3) is 0 Å². The number of nitriles is 1. The summed E-state index contributed by atoms with van der Waals surface area (Å²) in [7, 11) is 2.05. The van der Waals surface area contributed by atoms with Crippen molar-refractivity contribution < 1.29 is 0 Å². The number of nitrogens with zero attached hydrogens (tertiary/aromatic N) is 3. The van der Waals surface area contributed by atoms with E-state index in [9.17, 15) is 5.26 Å². The molecule has 0 amide bonds. The van der Waals surface area contributed by atoms with Crippen LogP contribution in [0.4, 0.5) is 5.82 Å². The maximum Gasteiger partial charge on any atom is 0.146 e. The van der Waals surface area contributed by atoms with Gasteiger partial charge >= 0.3 is 0 Å². The fourth-order valence-corrected chi connectivity index (χ4v) is 2.77. The van der Waals surface area contributed by atoms with Gasteiger partial charge in [-0.2, -0.15) is 5.26 Å². The first-order valence-electron chi connectivity index (χ1n) is 6.92. The van der Waals surface area contributed by atoms with Crippen LogP contribution in [0.2, 0.25) is 0 Å². The highest BCUT2D eigenvalue weighted by molar-refractivity contribution is 5.57. The molecular formula is C15H22N4. The predicted octanol–water partition coefficient (Wildman–Crippen LogP) is 2.01. The van der Waals surface area contributed by atoms with Crippen molar-refractivity contribution in [2.75, 3.05) is 31.6 Å². The molecule has 4 nitrogen and oxygen atoms in total. The zero-order valence-corrected chi connectivity index (χ0v) is 12.0. The van der Waals surface area contributed by atoms with E-state index in [-0.39, 0.29) is 0 Å². The summed E-state index contributed by atoms with van der Waals surface area (Å²) in [5, 5.41) is 12.7. The smallest absolute Gasteiger partial charge is 0.146 e. The summed E-state index contributed by atoms with van der Waals surface area (Å²) in [5.41, 5.74) is 2.70. The standard InChI is InChI=1S/C15H22N4/c1-11-8-12(2)18-15(14(11)9-16)19(3)10-13-4-6-17-7-5-13/h8,13,17H,4-7,10H2,1-3H3. The lowest BCUT2D eigenvalue weighted by atomic mass is 9.97. The van der Waals surface area contributed by atoms with Crippen LogP contribution in [-0.2, 0) is 0 Å². The van der Waals surface area contributed by atoms with Crippen LogP contribution < -0.4 is 10.2 Å². The maximum atomic E-state index is 9.32. The molecule has 0 saturated carbocycles. The normalized spacial score (nSPS) is 16.1. The van der Waals surface area contributed by atoms with Crippen molar-refractivity contribution in [1.29, 1.82) is 5.26 Å². The largest absolute Gasteiger partial charge is 0.358 e. The van der Waals surface area contributed by atoms with Crippen LogP contribution in [0.1, 0.15) is 29.7 Å². The van der Waals surface area contributed by atoms with Crippen LogP contribution in [0.3, 0.4) is 0 Å². The lowest BCUT2D eigenvalue weighted by Crippen LogP contribution is -2.35. The molecule has 0 aliphatic carbocycles. The van der Waals surface area contributed by atoms with Crippen LogP contribution in [0, 0.1) is 31.1 Å². The third-order valence-corrected chi connectivity index (χ3v) is 3.79. The second-order valence-electron chi connectivity index (χ2n) is 5.46. The van der Waals surface area contributed by atoms with Crippen molar-refractivity contribution in [3.05, 3.63) is 22.9 Å². The number of nitrogens with one attached hydrogen (secondary N) is 1. The summed E-state index contributed by atoms with van der Waals surface area (Å²) in [6.07, 6.45) is 2.41. The molecule has 0 radical (unpaired) electrons. The van der Waals surface area contributed by atoms with E-state index < -0.39 is 0 Å². The number of hydrogen-bond donors (Lipinski definition) is 1. The number of aryl methyl sites for hydroxylation is 2. The lowest BCUT2D eigenvalue weighted by Gasteiger charge is -2.29. The van der Waals surface area contributed by atoms with E-state index in [1.54, 1.807) is 0 Å². The highest BCUT2D eigenvalue weighted by Gasteiger charge is 2.18. The van der Waals surface area contributed by atoms with E-state index in [0.29, 0.717) is 11.5 Å². The van der Waals surface area contributed by atoms with Crippen molar-refractivity contribution in [3.8, 4) is 6.07 Å². The minimum absolute atomic E-state index is 0.695. The van der Waals surface area contributed by atoms with Crippen molar-refractivity contribution in [3.63, 3.8) is 0 Å². The third kappa shape index (κ3) is 3.24. The first kappa shape index (κ1) is 13.8. The van der Waals surface area contributed by atoms with Gasteiger partial charge in [-0.1, -0.05) is 0 Å². The zero-order chi connectivity index (χ0) is 13.8. The van der Waals surface area contributed by atoms with Gasteiger partial charge in [0.05, 0.1) is 5.56 Å². The average Bonchev–Trinajstić information content (AvgIpc) is 2.39. The van der Waals surface area contributed by atoms with Crippen molar-refractivity contribution >= 4 is 5.82 Å². The Balaban J connectivity index is 2.18. The molecule has 102 valence electrons. The summed E-state index contributed by atoms with van der Waals surface area (Å²) < 4.78 is 0. The molecule has 1 fully saturated rings. The van der Waals surface area contributed by atoms with E-state index in [1.807, 2.05) is 27.0 Å². The second kappa shape index (κ2) is 6.03. The number of anilines is 1. The van der Waals surface area contributed by atoms with Crippen molar-refractivity contribution in [1.82, 2.24) is 10.3 Å². The van der Waals surface area contributed by atoms with E-state index in [1.165, 1.54) is 12.8 Å². The number of rotatable bonds is 3. The molecule has 1 aliphatic rings. The maximum absolute atomic E-state index is 9.32. The van der Waals surface area contributed by atoms with Crippen LogP contribution in [0.25, 0.3) is 0 Å². The Bertz CT molecular complexity index is 484. The molecule has 0 unspecified atom stereocenters. The van der Waals surface area contributed by atoms with Gasteiger partial charge in [0, 0.05) is 19.3 Å². The van der Waals surface area contributed by atoms with Gasteiger partial charge in [0.2, 0.25) is 0 Å². The van der Waals surface area contributed by atoms with Crippen LogP contribution in [0.5, 0.6) is 0 Å². The Hall–Kier alpha value is -1.60. The molecule has 1 saturated heterocycles. The van der Waals surface area contributed by atoms with Gasteiger partial charge in [0.1, 0.15) is 11.9 Å². The number of aromatic nitrogens is 1. The Labute approximate surface area is 115 Å². The number of hydrogen-bond acceptors (Lipinski definition) is 4. The molecular weight excluding hydrogens is 236 g/mol. The average molecular weight is 258 g/mol. The van der Waals surface area contributed by atoms with E-state index >= 15 is 0 Å². The summed E-state index contributed by atoms with van der Waals surface area (Å²) in [4.78, 5) is 6.71. The second-order valence-corrected chi connectivity index (χ2v) is 5.46. The van der Waals surface area contributed by atoms with E-state index in [4.69, 9.17) is 0 Å². The predicted molar refractivity (Wildman–Crippen MR) is 77.3 cm³/mol. The first-order chi connectivity index (χ1) is 9.11.